The van der Waals surface area contributed by atoms with Crippen molar-refractivity contribution >= 4 is 0 Å². The predicted molar refractivity (Wildman–Crippen MR) is 78.5 cm³/mol. The van der Waals surface area contributed by atoms with E-state index >= 15 is 0 Å². The highest BCUT2D eigenvalue weighted by molar-refractivity contribution is 5.01. The van der Waals surface area contributed by atoms with Crippen LogP contribution in [0.1, 0.15) is 11.4 Å². The molecule has 0 spiro atoms. The van der Waals surface area contributed by atoms with Crippen LogP contribution in [0.25, 0.3) is 0 Å². The molecule has 3 rings (SSSR count). The van der Waals surface area contributed by atoms with Gasteiger partial charge in [-0.1, -0.05) is 0 Å². The standard InChI is InChI=1S/C15H21N5O/c1-19-12-17-7-15(19)9-20-4-5-21-10-13(8-20)6-14-2-3-16-11-18-14/h2-3,7,11-13H,4-6,8-10H2,1H3/t13-/m0/s1. The highest BCUT2D eigenvalue weighted by Crippen LogP contribution is 2.14. The zero-order valence-electron chi connectivity index (χ0n) is 12.4. The molecule has 0 bridgehead atoms. The van der Waals surface area contributed by atoms with E-state index in [9.17, 15) is 0 Å². The molecule has 2 aromatic heterocycles. The quantitative estimate of drug-likeness (QED) is 0.836. The molecule has 1 saturated heterocycles. The van der Waals surface area contributed by atoms with Crippen LogP contribution < -0.4 is 0 Å². The van der Waals surface area contributed by atoms with E-state index in [0.29, 0.717) is 5.92 Å². The Morgan fingerprint density at radius 3 is 3.10 bits per heavy atom. The van der Waals surface area contributed by atoms with Crippen molar-refractivity contribution in [1.29, 1.82) is 0 Å². The minimum Gasteiger partial charge on any atom is -0.380 e. The van der Waals surface area contributed by atoms with E-state index in [1.54, 1.807) is 12.5 Å². The van der Waals surface area contributed by atoms with Crippen LogP contribution in [0.5, 0.6) is 0 Å². The lowest BCUT2D eigenvalue weighted by Gasteiger charge is -2.23. The first-order valence-corrected chi connectivity index (χ1v) is 7.31. The Labute approximate surface area is 124 Å². The third-order valence-electron chi connectivity index (χ3n) is 3.86. The van der Waals surface area contributed by atoms with Crippen molar-refractivity contribution < 1.29 is 4.74 Å². The van der Waals surface area contributed by atoms with Gasteiger partial charge in [0.1, 0.15) is 6.33 Å². The summed E-state index contributed by atoms with van der Waals surface area (Å²) < 4.78 is 7.83. The number of ether oxygens (including phenoxy) is 1. The second kappa shape index (κ2) is 6.78. The summed E-state index contributed by atoms with van der Waals surface area (Å²) >= 11 is 0. The largest absolute Gasteiger partial charge is 0.380 e. The molecule has 0 aliphatic carbocycles. The van der Waals surface area contributed by atoms with Crippen molar-refractivity contribution in [1.82, 2.24) is 24.4 Å². The highest BCUT2D eigenvalue weighted by Gasteiger charge is 2.20. The molecule has 0 aromatic carbocycles. The fourth-order valence-electron chi connectivity index (χ4n) is 2.72. The van der Waals surface area contributed by atoms with E-state index in [-0.39, 0.29) is 0 Å². The van der Waals surface area contributed by atoms with Crippen molar-refractivity contribution in [2.75, 3.05) is 26.3 Å². The van der Waals surface area contributed by atoms with Gasteiger partial charge in [0.15, 0.2) is 0 Å². The van der Waals surface area contributed by atoms with Crippen LogP contribution in [-0.4, -0.2) is 50.7 Å². The summed E-state index contributed by atoms with van der Waals surface area (Å²) in [5.74, 6) is 0.468. The zero-order chi connectivity index (χ0) is 14.5. The normalized spacial score (nSPS) is 20.3. The fraction of sp³-hybridized carbons (Fsp3) is 0.533. The lowest BCUT2D eigenvalue weighted by atomic mass is 10.0. The Hall–Kier alpha value is -1.79. The summed E-state index contributed by atoms with van der Waals surface area (Å²) in [6.07, 6.45) is 8.13. The lowest BCUT2D eigenvalue weighted by Crippen LogP contribution is -2.31. The van der Waals surface area contributed by atoms with Gasteiger partial charge in [-0.15, -0.1) is 0 Å². The Kier molecular flexibility index (Phi) is 4.57. The molecule has 1 atom stereocenters. The van der Waals surface area contributed by atoms with Crippen LogP contribution in [0.4, 0.5) is 0 Å². The third-order valence-corrected chi connectivity index (χ3v) is 3.86. The van der Waals surface area contributed by atoms with Gasteiger partial charge in [0.05, 0.1) is 25.2 Å². The summed E-state index contributed by atoms with van der Waals surface area (Å²) in [4.78, 5) is 14.9. The molecule has 0 N–H and O–H groups in total. The summed E-state index contributed by atoms with van der Waals surface area (Å²) in [5.41, 5.74) is 2.32. The molecule has 1 aliphatic heterocycles. The third kappa shape index (κ3) is 3.86. The van der Waals surface area contributed by atoms with Crippen molar-refractivity contribution in [3.63, 3.8) is 0 Å². The summed E-state index contributed by atoms with van der Waals surface area (Å²) in [6, 6.07) is 1.98. The van der Waals surface area contributed by atoms with Crippen LogP contribution >= 0.6 is 0 Å². The maximum atomic E-state index is 5.75. The molecule has 0 saturated carbocycles. The summed E-state index contributed by atoms with van der Waals surface area (Å²) in [6.45, 7) is 4.49. The molecule has 3 heterocycles. The van der Waals surface area contributed by atoms with Gasteiger partial charge in [-0.05, 0) is 12.5 Å². The molecule has 6 heteroatoms. The number of hydrogen-bond acceptors (Lipinski definition) is 5. The molecule has 0 amide bonds. The Bertz CT molecular complexity index is 556. The van der Waals surface area contributed by atoms with Gasteiger partial charge in [-0.3, -0.25) is 4.90 Å². The van der Waals surface area contributed by atoms with Gasteiger partial charge in [-0.25, -0.2) is 15.0 Å². The van der Waals surface area contributed by atoms with Crippen molar-refractivity contribution in [3.8, 4) is 0 Å². The van der Waals surface area contributed by atoms with E-state index in [0.717, 1.165) is 45.0 Å². The van der Waals surface area contributed by atoms with E-state index < -0.39 is 0 Å². The Balaban J connectivity index is 1.62. The van der Waals surface area contributed by atoms with Crippen LogP contribution in [-0.2, 0) is 24.8 Å². The van der Waals surface area contributed by atoms with Gasteiger partial charge in [0.2, 0.25) is 0 Å². The molecule has 0 unspecified atom stereocenters. The van der Waals surface area contributed by atoms with Crippen LogP contribution in [0.2, 0.25) is 0 Å². The van der Waals surface area contributed by atoms with E-state index in [2.05, 4.69) is 24.4 Å². The first kappa shape index (κ1) is 14.2. The average Bonchev–Trinajstić information content (AvgIpc) is 2.76. The Morgan fingerprint density at radius 2 is 2.33 bits per heavy atom. The molecular weight excluding hydrogens is 266 g/mol. The van der Waals surface area contributed by atoms with Gasteiger partial charge < -0.3 is 9.30 Å². The minimum absolute atomic E-state index is 0.468. The van der Waals surface area contributed by atoms with Gasteiger partial charge in [0, 0.05) is 50.7 Å². The van der Waals surface area contributed by atoms with E-state index in [1.807, 2.05) is 25.6 Å². The molecule has 2 aromatic rings. The van der Waals surface area contributed by atoms with Crippen molar-refractivity contribution in [3.05, 3.63) is 42.5 Å². The van der Waals surface area contributed by atoms with Crippen LogP contribution in [0.15, 0.2) is 31.1 Å². The monoisotopic (exact) mass is 287 g/mol. The zero-order valence-corrected chi connectivity index (χ0v) is 12.4. The second-order valence-electron chi connectivity index (χ2n) is 5.58. The van der Waals surface area contributed by atoms with Crippen molar-refractivity contribution in [2.45, 2.75) is 13.0 Å². The summed E-state index contributed by atoms with van der Waals surface area (Å²) in [5, 5.41) is 0. The molecular formula is C15H21N5O. The maximum Gasteiger partial charge on any atom is 0.115 e. The molecule has 1 aliphatic rings. The second-order valence-corrected chi connectivity index (χ2v) is 5.58. The topological polar surface area (TPSA) is 56.1 Å². The first-order chi connectivity index (χ1) is 10.3. The highest BCUT2D eigenvalue weighted by atomic mass is 16.5. The van der Waals surface area contributed by atoms with Crippen LogP contribution in [0, 0.1) is 5.92 Å². The number of rotatable bonds is 4. The molecule has 112 valence electrons. The van der Waals surface area contributed by atoms with Crippen LogP contribution in [0.3, 0.4) is 0 Å². The van der Waals surface area contributed by atoms with Gasteiger partial charge in [-0.2, -0.15) is 0 Å². The number of nitrogens with zero attached hydrogens (tertiary/aromatic N) is 5. The molecule has 21 heavy (non-hydrogen) atoms. The molecule has 1 fully saturated rings. The fourth-order valence-corrected chi connectivity index (χ4v) is 2.72. The maximum absolute atomic E-state index is 5.75. The van der Waals surface area contributed by atoms with E-state index in [4.69, 9.17) is 4.74 Å². The number of hydrogen-bond donors (Lipinski definition) is 0. The van der Waals surface area contributed by atoms with Crippen molar-refractivity contribution in [2.24, 2.45) is 13.0 Å². The smallest absolute Gasteiger partial charge is 0.115 e. The minimum atomic E-state index is 0.468. The first-order valence-electron chi connectivity index (χ1n) is 7.31. The summed E-state index contributed by atoms with van der Waals surface area (Å²) in [7, 11) is 2.04. The lowest BCUT2D eigenvalue weighted by molar-refractivity contribution is 0.121. The van der Waals surface area contributed by atoms with E-state index in [1.165, 1.54) is 5.69 Å². The Morgan fingerprint density at radius 1 is 1.38 bits per heavy atom. The SMILES string of the molecule is Cn1cncc1CN1CCOC[C@@H](Cc2ccncn2)C1. The number of aryl methyl sites for hydroxylation is 1. The molecule has 0 radical (unpaired) electrons. The van der Waals surface area contributed by atoms with Gasteiger partial charge >= 0.3 is 0 Å². The molecule has 6 nitrogen and oxygen atoms in total. The number of aromatic nitrogens is 4. The predicted octanol–water partition coefficient (Wildman–Crippen LogP) is 0.901. The van der Waals surface area contributed by atoms with Gasteiger partial charge in [0.25, 0.3) is 0 Å². The average molecular weight is 287 g/mol. The number of imidazole rings is 1.